The Bertz CT molecular complexity index is 674. The van der Waals surface area contributed by atoms with Crippen molar-refractivity contribution in [1.82, 2.24) is 9.78 Å². The monoisotopic (exact) mass is 340 g/mol. The predicted molar refractivity (Wildman–Crippen MR) is 71.1 cm³/mol. The molecular formula is C13H10F6N2S. The zero-order chi connectivity index (χ0) is 16.7. The summed E-state index contributed by atoms with van der Waals surface area (Å²) in [6.45, 7) is 1.47. The van der Waals surface area contributed by atoms with Gasteiger partial charge in [-0.25, -0.2) is 4.68 Å². The van der Waals surface area contributed by atoms with Gasteiger partial charge in [-0.3, -0.25) is 0 Å². The lowest BCUT2D eigenvalue weighted by Gasteiger charge is -2.18. The van der Waals surface area contributed by atoms with Crippen molar-refractivity contribution in [2.45, 2.75) is 24.5 Å². The first-order valence-corrected chi connectivity index (χ1v) is 6.50. The Hall–Kier alpha value is -1.64. The average Bonchev–Trinajstić information content (AvgIpc) is 2.87. The van der Waals surface area contributed by atoms with Crippen molar-refractivity contribution in [2.24, 2.45) is 0 Å². The molecule has 0 saturated carbocycles. The smallest absolute Gasteiger partial charge is 0.240 e. The van der Waals surface area contributed by atoms with E-state index in [9.17, 15) is 26.3 Å². The number of aromatic nitrogens is 2. The van der Waals surface area contributed by atoms with Crippen molar-refractivity contribution >= 4 is 12.6 Å². The summed E-state index contributed by atoms with van der Waals surface area (Å²) in [6, 6.07) is 4.66. The minimum atomic E-state index is -4.61. The minimum absolute atomic E-state index is 0.0967. The van der Waals surface area contributed by atoms with E-state index in [1.54, 1.807) is 0 Å². The van der Waals surface area contributed by atoms with Crippen LogP contribution < -0.4 is 0 Å². The van der Waals surface area contributed by atoms with Gasteiger partial charge in [-0.1, -0.05) is 6.07 Å². The lowest BCUT2D eigenvalue weighted by atomic mass is 10.0. The number of benzene rings is 1. The Morgan fingerprint density at radius 1 is 1.09 bits per heavy atom. The SMILES string of the molecule is Cc1ccc(-n2ccc(C(F)(F)F)n2)cc1C(S)C(F)(F)F. The van der Waals surface area contributed by atoms with Gasteiger partial charge in [-0.05, 0) is 36.2 Å². The second-order valence-corrected chi connectivity index (χ2v) is 5.14. The number of halogens is 6. The molecule has 2 nitrogen and oxygen atoms in total. The van der Waals surface area contributed by atoms with E-state index in [0.717, 1.165) is 23.0 Å². The molecule has 0 bridgehead atoms. The highest BCUT2D eigenvalue weighted by Crippen LogP contribution is 2.39. The molecule has 1 unspecified atom stereocenters. The summed E-state index contributed by atoms with van der Waals surface area (Å²) in [5.74, 6) is 0. The first-order chi connectivity index (χ1) is 10.00. The van der Waals surface area contributed by atoms with Gasteiger partial charge in [-0.2, -0.15) is 44.1 Å². The lowest BCUT2D eigenvalue weighted by Crippen LogP contribution is -2.17. The molecule has 0 N–H and O–H groups in total. The van der Waals surface area contributed by atoms with Crippen LogP contribution in [0, 0.1) is 6.92 Å². The fraction of sp³-hybridized carbons (Fsp3) is 0.308. The van der Waals surface area contributed by atoms with Gasteiger partial charge in [0.05, 0.1) is 5.69 Å². The summed E-state index contributed by atoms with van der Waals surface area (Å²) >= 11 is 3.55. The van der Waals surface area contributed by atoms with Crippen molar-refractivity contribution in [3.05, 3.63) is 47.3 Å². The van der Waals surface area contributed by atoms with Gasteiger partial charge in [-0.15, -0.1) is 0 Å². The Labute approximate surface area is 127 Å². The van der Waals surface area contributed by atoms with Gasteiger partial charge in [0.25, 0.3) is 0 Å². The van der Waals surface area contributed by atoms with E-state index in [4.69, 9.17) is 0 Å². The van der Waals surface area contributed by atoms with Crippen LogP contribution >= 0.6 is 12.6 Å². The molecule has 0 saturated heterocycles. The molecule has 0 aliphatic carbocycles. The number of alkyl halides is 6. The van der Waals surface area contributed by atoms with Crippen LogP contribution in [0.1, 0.15) is 22.1 Å². The first kappa shape index (κ1) is 16.7. The molecule has 0 fully saturated rings. The Balaban J connectivity index is 2.44. The second-order valence-electron chi connectivity index (χ2n) is 4.63. The van der Waals surface area contributed by atoms with E-state index in [2.05, 4.69) is 17.7 Å². The Morgan fingerprint density at radius 3 is 2.23 bits per heavy atom. The Kier molecular flexibility index (Phi) is 4.20. The average molecular weight is 340 g/mol. The quantitative estimate of drug-likeness (QED) is 0.618. The maximum atomic E-state index is 12.8. The lowest BCUT2D eigenvalue weighted by molar-refractivity contribution is -0.141. The van der Waals surface area contributed by atoms with Crippen LogP contribution in [0.5, 0.6) is 0 Å². The summed E-state index contributed by atoms with van der Waals surface area (Å²) in [5.41, 5.74) is -0.811. The van der Waals surface area contributed by atoms with Gasteiger partial charge in [0.2, 0.25) is 0 Å². The third kappa shape index (κ3) is 3.40. The van der Waals surface area contributed by atoms with Crippen LogP contribution in [-0.4, -0.2) is 16.0 Å². The van der Waals surface area contributed by atoms with Gasteiger partial charge in [0, 0.05) is 6.20 Å². The summed E-state index contributed by atoms with van der Waals surface area (Å²) < 4.78 is 76.7. The molecule has 0 aliphatic heterocycles. The van der Waals surface area contributed by atoms with Crippen LogP contribution in [0.4, 0.5) is 26.3 Å². The maximum Gasteiger partial charge on any atom is 0.435 e. The molecule has 0 spiro atoms. The zero-order valence-electron chi connectivity index (χ0n) is 11.1. The van der Waals surface area contributed by atoms with Gasteiger partial charge in [0.15, 0.2) is 5.69 Å². The number of hydrogen-bond donors (Lipinski definition) is 1. The molecule has 1 heterocycles. The molecule has 9 heteroatoms. The van der Waals surface area contributed by atoms with E-state index in [0.29, 0.717) is 5.56 Å². The fourth-order valence-electron chi connectivity index (χ4n) is 1.86. The standard InChI is InChI=1S/C13H10F6N2S/c1-7-2-3-8(6-9(7)11(22)13(17,18)19)21-5-4-10(20-21)12(14,15)16/h2-6,11,22H,1H3. The third-order valence-corrected chi connectivity index (χ3v) is 3.58. The van der Waals surface area contributed by atoms with Crippen LogP contribution in [0.25, 0.3) is 5.69 Å². The Morgan fingerprint density at radius 2 is 1.73 bits per heavy atom. The fourth-order valence-corrected chi connectivity index (χ4v) is 2.14. The molecule has 22 heavy (non-hydrogen) atoms. The van der Waals surface area contributed by atoms with Crippen molar-refractivity contribution in [3.63, 3.8) is 0 Å². The molecule has 0 radical (unpaired) electrons. The van der Waals surface area contributed by atoms with Crippen LogP contribution in [0.3, 0.4) is 0 Å². The highest BCUT2D eigenvalue weighted by molar-refractivity contribution is 7.80. The molecule has 1 atom stereocenters. The topological polar surface area (TPSA) is 17.8 Å². The van der Waals surface area contributed by atoms with E-state index in [1.807, 2.05) is 0 Å². The number of nitrogens with zero attached hydrogens (tertiary/aromatic N) is 2. The van der Waals surface area contributed by atoms with Gasteiger partial charge < -0.3 is 0 Å². The number of aryl methyl sites for hydroxylation is 1. The highest BCUT2D eigenvalue weighted by atomic mass is 32.1. The van der Waals surface area contributed by atoms with E-state index >= 15 is 0 Å². The van der Waals surface area contributed by atoms with Gasteiger partial charge >= 0.3 is 12.4 Å². The second kappa shape index (κ2) is 5.53. The molecule has 1 aromatic carbocycles. The normalized spacial score (nSPS) is 14.2. The maximum absolute atomic E-state index is 12.8. The third-order valence-electron chi connectivity index (χ3n) is 3.01. The summed E-state index contributed by atoms with van der Waals surface area (Å²) in [4.78, 5) is 0. The number of rotatable bonds is 2. The summed E-state index contributed by atoms with van der Waals surface area (Å²) in [6.07, 6.45) is -8.14. The van der Waals surface area contributed by atoms with Gasteiger partial charge in [0.1, 0.15) is 5.25 Å². The van der Waals surface area contributed by atoms with Crippen LogP contribution in [-0.2, 0) is 6.18 Å². The summed E-state index contributed by atoms with van der Waals surface area (Å²) in [7, 11) is 0. The molecule has 1 aromatic heterocycles. The molecular weight excluding hydrogens is 330 g/mol. The summed E-state index contributed by atoms with van der Waals surface area (Å²) in [5, 5.41) is 1.31. The minimum Gasteiger partial charge on any atom is -0.240 e. The molecule has 2 aromatic rings. The first-order valence-electron chi connectivity index (χ1n) is 5.98. The predicted octanol–water partition coefficient (Wildman–Crippen LogP) is 4.73. The molecule has 2 rings (SSSR count). The molecule has 0 amide bonds. The van der Waals surface area contributed by atoms with Crippen molar-refractivity contribution < 1.29 is 26.3 Å². The van der Waals surface area contributed by atoms with E-state index in [1.165, 1.54) is 19.1 Å². The molecule has 0 aliphatic rings. The van der Waals surface area contributed by atoms with Crippen molar-refractivity contribution in [1.29, 1.82) is 0 Å². The van der Waals surface area contributed by atoms with Crippen LogP contribution in [0.15, 0.2) is 30.5 Å². The molecule has 120 valence electrons. The number of thiol groups is 1. The van der Waals surface area contributed by atoms with E-state index < -0.39 is 23.3 Å². The highest BCUT2D eigenvalue weighted by Gasteiger charge is 2.39. The van der Waals surface area contributed by atoms with Crippen molar-refractivity contribution in [2.75, 3.05) is 0 Å². The largest absolute Gasteiger partial charge is 0.435 e. The van der Waals surface area contributed by atoms with E-state index in [-0.39, 0.29) is 11.3 Å². The van der Waals surface area contributed by atoms with Crippen molar-refractivity contribution in [3.8, 4) is 5.69 Å². The number of hydrogen-bond acceptors (Lipinski definition) is 2. The zero-order valence-corrected chi connectivity index (χ0v) is 12.0. The van der Waals surface area contributed by atoms with Crippen LogP contribution in [0.2, 0.25) is 0 Å².